The van der Waals surface area contributed by atoms with Gasteiger partial charge in [-0.2, -0.15) is 4.68 Å². The van der Waals surface area contributed by atoms with E-state index in [1.54, 1.807) is 12.1 Å². The topological polar surface area (TPSA) is 69.6 Å². The van der Waals surface area contributed by atoms with Gasteiger partial charge in [0, 0.05) is 17.3 Å². The van der Waals surface area contributed by atoms with Crippen molar-refractivity contribution in [2.45, 2.75) is 6.92 Å². The summed E-state index contributed by atoms with van der Waals surface area (Å²) >= 11 is 3.12. The molecule has 0 radical (unpaired) electrons. The Bertz CT molecular complexity index is 815. The van der Waals surface area contributed by atoms with Crippen molar-refractivity contribution in [3.8, 4) is 17.1 Å². The lowest BCUT2D eigenvalue weighted by Gasteiger charge is -2.09. The van der Waals surface area contributed by atoms with E-state index < -0.39 is 0 Å². The summed E-state index contributed by atoms with van der Waals surface area (Å²) in [7, 11) is 0. The molecule has 0 bridgehead atoms. The SMILES string of the molecule is Cc1cccc(-c2nnnn2-c2ccc(Br)c(F)c2)c1N. The van der Waals surface area contributed by atoms with Crippen molar-refractivity contribution in [3.05, 3.63) is 52.3 Å². The molecule has 0 aliphatic carbocycles. The molecule has 0 aliphatic rings. The number of rotatable bonds is 2. The number of benzene rings is 2. The maximum absolute atomic E-state index is 13.7. The van der Waals surface area contributed by atoms with Gasteiger partial charge >= 0.3 is 0 Å². The Kier molecular flexibility index (Phi) is 3.42. The van der Waals surface area contributed by atoms with Crippen molar-refractivity contribution in [1.82, 2.24) is 20.2 Å². The van der Waals surface area contributed by atoms with Crippen LogP contribution in [-0.4, -0.2) is 20.2 Å². The highest BCUT2D eigenvalue weighted by molar-refractivity contribution is 9.10. The van der Waals surface area contributed by atoms with E-state index in [0.29, 0.717) is 27.2 Å². The lowest BCUT2D eigenvalue weighted by molar-refractivity contribution is 0.618. The predicted octanol–water partition coefficient (Wildman–Crippen LogP) is 3.12. The van der Waals surface area contributed by atoms with E-state index in [9.17, 15) is 4.39 Å². The van der Waals surface area contributed by atoms with E-state index in [2.05, 4.69) is 31.5 Å². The van der Waals surface area contributed by atoms with Crippen LogP contribution in [0, 0.1) is 12.7 Å². The molecule has 7 heteroatoms. The molecule has 21 heavy (non-hydrogen) atoms. The fourth-order valence-corrected chi connectivity index (χ4v) is 2.27. The van der Waals surface area contributed by atoms with Gasteiger partial charge in [-0.1, -0.05) is 12.1 Å². The summed E-state index contributed by atoms with van der Waals surface area (Å²) in [5.74, 6) is 0.0871. The largest absolute Gasteiger partial charge is 0.398 e. The van der Waals surface area contributed by atoms with Crippen LogP contribution in [0.2, 0.25) is 0 Å². The van der Waals surface area contributed by atoms with Gasteiger partial charge < -0.3 is 5.73 Å². The van der Waals surface area contributed by atoms with Gasteiger partial charge in [0.05, 0.1) is 10.2 Å². The Labute approximate surface area is 128 Å². The molecule has 0 fully saturated rings. The van der Waals surface area contributed by atoms with Gasteiger partial charge in [-0.05, 0) is 57.0 Å². The molecule has 0 spiro atoms. The zero-order valence-corrected chi connectivity index (χ0v) is 12.7. The summed E-state index contributed by atoms with van der Waals surface area (Å²) < 4.78 is 15.5. The van der Waals surface area contributed by atoms with E-state index in [4.69, 9.17) is 5.73 Å². The van der Waals surface area contributed by atoms with Crippen molar-refractivity contribution in [2.24, 2.45) is 0 Å². The number of hydrogen-bond acceptors (Lipinski definition) is 4. The molecule has 0 aliphatic heterocycles. The number of halogens is 2. The van der Waals surface area contributed by atoms with Crippen molar-refractivity contribution in [1.29, 1.82) is 0 Å². The molecule has 3 rings (SSSR count). The molecule has 0 saturated carbocycles. The van der Waals surface area contributed by atoms with Gasteiger partial charge in [-0.25, -0.2) is 4.39 Å². The number of tetrazole rings is 1. The molecule has 0 atom stereocenters. The van der Waals surface area contributed by atoms with Gasteiger partial charge in [0.25, 0.3) is 0 Å². The fraction of sp³-hybridized carbons (Fsp3) is 0.0714. The Hall–Kier alpha value is -2.28. The molecule has 3 aromatic rings. The van der Waals surface area contributed by atoms with Crippen LogP contribution in [0.1, 0.15) is 5.56 Å². The minimum atomic E-state index is -0.383. The van der Waals surface area contributed by atoms with E-state index >= 15 is 0 Å². The van der Waals surface area contributed by atoms with Crippen LogP contribution < -0.4 is 5.73 Å². The van der Waals surface area contributed by atoms with Crippen molar-refractivity contribution in [2.75, 3.05) is 5.73 Å². The molecular formula is C14H11BrFN5. The minimum absolute atomic E-state index is 0.383. The highest BCUT2D eigenvalue weighted by atomic mass is 79.9. The fourth-order valence-electron chi connectivity index (χ4n) is 2.02. The molecule has 0 unspecified atom stereocenters. The quantitative estimate of drug-likeness (QED) is 0.723. The lowest BCUT2D eigenvalue weighted by Crippen LogP contribution is -2.03. The van der Waals surface area contributed by atoms with Crippen LogP contribution in [0.3, 0.4) is 0 Å². The second-order valence-corrected chi connectivity index (χ2v) is 5.40. The molecule has 106 valence electrons. The average Bonchev–Trinajstić information content (AvgIpc) is 2.94. The summed E-state index contributed by atoms with van der Waals surface area (Å²) in [5, 5.41) is 11.6. The number of aromatic nitrogens is 4. The summed E-state index contributed by atoms with van der Waals surface area (Å²) in [6.45, 7) is 1.91. The van der Waals surface area contributed by atoms with Gasteiger partial charge in [0.15, 0.2) is 5.82 Å². The summed E-state index contributed by atoms with van der Waals surface area (Å²) in [4.78, 5) is 0. The molecule has 5 nitrogen and oxygen atoms in total. The highest BCUT2D eigenvalue weighted by Crippen LogP contribution is 2.28. The van der Waals surface area contributed by atoms with E-state index in [0.717, 1.165) is 5.56 Å². The summed E-state index contributed by atoms with van der Waals surface area (Å²) in [6.07, 6.45) is 0. The molecule has 1 aromatic heterocycles. The third kappa shape index (κ3) is 2.40. The summed E-state index contributed by atoms with van der Waals surface area (Å²) in [5.41, 5.74) is 8.86. The Morgan fingerprint density at radius 3 is 2.81 bits per heavy atom. The first-order valence-corrected chi connectivity index (χ1v) is 6.96. The standard InChI is InChI=1S/C14H11BrFN5/c1-8-3-2-4-10(13(8)17)14-18-19-20-21(14)9-5-6-11(15)12(16)7-9/h2-7H,17H2,1H3. The zero-order chi connectivity index (χ0) is 15.0. The summed E-state index contributed by atoms with van der Waals surface area (Å²) in [6, 6.07) is 10.3. The van der Waals surface area contributed by atoms with E-state index in [1.807, 2.05) is 25.1 Å². The van der Waals surface area contributed by atoms with Crippen LogP contribution >= 0.6 is 15.9 Å². The minimum Gasteiger partial charge on any atom is -0.398 e. The van der Waals surface area contributed by atoms with Crippen molar-refractivity contribution in [3.63, 3.8) is 0 Å². The maximum Gasteiger partial charge on any atom is 0.189 e. The molecule has 2 N–H and O–H groups in total. The number of aryl methyl sites for hydroxylation is 1. The lowest BCUT2D eigenvalue weighted by atomic mass is 10.1. The Morgan fingerprint density at radius 1 is 1.24 bits per heavy atom. The third-order valence-electron chi connectivity index (χ3n) is 3.18. The second kappa shape index (κ2) is 5.25. The van der Waals surface area contributed by atoms with Gasteiger partial charge in [-0.3, -0.25) is 0 Å². The van der Waals surface area contributed by atoms with Crippen LogP contribution in [0.25, 0.3) is 17.1 Å². The normalized spacial score (nSPS) is 10.8. The monoisotopic (exact) mass is 347 g/mol. The highest BCUT2D eigenvalue weighted by Gasteiger charge is 2.15. The molecule has 0 amide bonds. The number of nitrogens with two attached hydrogens (primary N) is 1. The third-order valence-corrected chi connectivity index (χ3v) is 3.83. The number of nitrogens with zero attached hydrogens (tertiary/aromatic N) is 4. The number of anilines is 1. The van der Waals surface area contributed by atoms with Crippen LogP contribution in [0.5, 0.6) is 0 Å². The van der Waals surface area contributed by atoms with Crippen LogP contribution in [0.15, 0.2) is 40.9 Å². The van der Waals surface area contributed by atoms with Crippen LogP contribution in [0.4, 0.5) is 10.1 Å². The predicted molar refractivity (Wildman–Crippen MR) is 81.4 cm³/mol. The zero-order valence-electron chi connectivity index (χ0n) is 11.1. The molecular weight excluding hydrogens is 337 g/mol. The first-order chi connectivity index (χ1) is 10.1. The van der Waals surface area contributed by atoms with Crippen molar-refractivity contribution >= 4 is 21.6 Å². The Morgan fingerprint density at radius 2 is 2.05 bits per heavy atom. The smallest absolute Gasteiger partial charge is 0.189 e. The number of nitrogen functional groups attached to an aromatic ring is 1. The van der Waals surface area contributed by atoms with Gasteiger partial charge in [-0.15, -0.1) is 5.10 Å². The van der Waals surface area contributed by atoms with Crippen molar-refractivity contribution < 1.29 is 4.39 Å². The second-order valence-electron chi connectivity index (χ2n) is 4.55. The first-order valence-electron chi connectivity index (χ1n) is 6.17. The molecule has 2 aromatic carbocycles. The first kappa shape index (κ1) is 13.7. The van der Waals surface area contributed by atoms with E-state index in [-0.39, 0.29) is 5.82 Å². The number of hydrogen-bond donors (Lipinski definition) is 1. The average molecular weight is 348 g/mol. The van der Waals surface area contributed by atoms with Gasteiger partial charge in [0.1, 0.15) is 5.82 Å². The van der Waals surface area contributed by atoms with Gasteiger partial charge in [0.2, 0.25) is 0 Å². The maximum atomic E-state index is 13.7. The van der Waals surface area contributed by atoms with Crippen LogP contribution in [-0.2, 0) is 0 Å². The molecule has 0 saturated heterocycles. The van der Waals surface area contributed by atoms with E-state index in [1.165, 1.54) is 10.7 Å². The number of para-hydroxylation sites is 1. The molecule has 1 heterocycles. The Balaban J connectivity index is 2.17.